The third kappa shape index (κ3) is 5.65. The van der Waals surface area contributed by atoms with Crippen molar-refractivity contribution in [3.63, 3.8) is 0 Å². The number of halogens is 2. The molecular formula is C21H18F2N2O4. The minimum absolute atomic E-state index is 0.0826. The molecule has 0 aliphatic heterocycles. The number of ether oxygens (including phenoxy) is 3. The van der Waals surface area contributed by atoms with Gasteiger partial charge in [0.25, 0.3) is 0 Å². The quantitative estimate of drug-likeness (QED) is 0.418. The monoisotopic (exact) mass is 400 g/mol. The van der Waals surface area contributed by atoms with E-state index in [9.17, 15) is 13.6 Å². The van der Waals surface area contributed by atoms with Gasteiger partial charge in [0.2, 0.25) is 0 Å². The fourth-order valence-electron chi connectivity index (χ4n) is 2.51. The number of carbonyl (C=O) groups excluding carboxylic acids is 1. The Morgan fingerprint density at radius 2 is 1.97 bits per heavy atom. The van der Waals surface area contributed by atoms with Crippen LogP contribution in [0.1, 0.15) is 11.1 Å². The van der Waals surface area contributed by atoms with Gasteiger partial charge in [-0.25, -0.2) is 9.48 Å². The molecule has 0 amide bonds. The first-order valence-electron chi connectivity index (χ1n) is 8.62. The van der Waals surface area contributed by atoms with Crippen molar-refractivity contribution in [2.24, 2.45) is 0 Å². The molecule has 2 aromatic carbocycles. The first-order valence-corrected chi connectivity index (χ1v) is 8.62. The highest BCUT2D eigenvalue weighted by molar-refractivity contribution is 5.87. The fraction of sp³-hybridized carbons (Fsp3) is 0.143. The second-order valence-corrected chi connectivity index (χ2v) is 5.85. The Hall–Kier alpha value is -3.68. The molecule has 0 unspecified atom stereocenters. The van der Waals surface area contributed by atoms with Gasteiger partial charge < -0.3 is 14.2 Å². The van der Waals surface area contributed by atoms with Crippen molar-refractivity contribution >= 4 is 12.0 Å². The molecule has 0 atom stereocenters. The first-order chi connectivity index (χ1) is 14.0. The number of hydrogen-bond donors (Lipinski definition) is 0. The number of alkyl halides is 2. The second kappa shape index (κ2) is 9.50. The van der Waals surface area contributed by atoms with Crippen LogP contribution in [0.15, 0.2) is 67.0 Å². The molecule has 0 spiro atoms. The number of esters is 1. The second-order valence-electron chi connectivity index (χ2n) is 5.85. The number of methoxy groups -OCH3 is 1. The molecule has 0 aliphatic carbocycles. The maximum Gasteiger partial charge on any atom is 0.387 e. The molecule has 8 heteroatoms. The van der Waals surface area contributed by atoms with E-state index in [-0.39, 0.29) is 18.1 Å². The van der Waals surface area contributed by atoms with Crippen LogP contribution >= 0.6 is 0 Å². The van der Waals surface area contributed by atoms with Crippen LogP contribution in [0.5, 0.6) is 11.5 Å². The Morgan fingerprint density at radius 3 is 2.62 bits per heavy atom. The maximum absolute atomic E-state index is 12.4. The summed E-state index contributed by atoms with van der Waals surface area (Å²) in [4.78, 5) is 11.9. The van der Waals surface area contributed by atoms with E-state index >= 15 is 0 Å². The van der Waals surface area contributed by atoms with E-state index in [1.165, 1.54) is 37.5 Å². The van der Waals surface area contributed by atoms with Crippen LogP contribution in [-0.4, -0.2) is 29.5 Å². The van der Waals surface area contributed by atoms with Crippen molar-refractivity contribution in [3.8, 4) is 17.2 Å². The lowest BCUT2D eigenvalue weighted by molar-refractivity contribution is -0.138. The highest BCUT2D eigenvalue weighted by Gasteiger charge is 2.10. The van der Waals surface area contributed by atoms with Gasteiger partial charge in [-0.15, -0.1) is 0 Å². The van der Waals surface area contributed by atoms with Gasteiger partial charge in [0, 0.05) is 18.5 Å². The van der Waals surface area contributed by atoms with Crippen molar-refractivity contribution in [3.05, 3.63) is 78.1 Å². The van der Waals surface area contributed by atoms with E-state index in [1.807, 2.05) is 36.5 Å². The lowest BCUT2D eigenvalue weighted by atomic mass is 10.2. The average Bonchev–Trinajstić information content (AvgIpc) is 3.26. The lowest BCUT2D eigenvalue weighted by Crippen LogP contribution is -2.03. The molecule has 0 aliphatic rings. The van der Waals surface area contributed by atoms with E-state index in [0.29, 0.717) is 5.56 Å². The number of rotatable bonds is 8. The Balaban J connectivity index is 1.55. The molecule has 0 radical (unpaired) electrons. The van der Waals surface area contributed by atoms with Gasteiger partial charge in [-0.1, -0.05) is 18.2 Å². The third-order valence-corrected chi connectivity index (χ3v) is 3.90. The SMILES string of the molecule is COc1cc(/C=C/C(=O)OCc2ccc(-n3cccn3)cc2)ccc1OC(F)F. The van der Waals surface area contributed by atoms with Crippen molar-refractivity contribution in [1.29, 1.82) is 0 Å². The molecule has 1 heterocycles. The summed E-state index contributed by atoms with van der Waals surface area (Å²) in [6, 6.07) is 13.6. The van der Waals surface area contributed by atoms with E-state index < -0.39 is 12.6 Å². The molecule has 0 fully saturated rings. The van der Waals surface area contributed by atoms with Crippen LogP contribution in [-0.2, 0) is 16.1 Å². The fourth-order valence-corrected chi connectivity index (χ4v) is 2.51. The van der Waals surface area contributed by atoms with Crippen LogP contribution in [0.25, 0.3) is 11.8 Å². The zero-order chi connectivity index (χ0) is 20.6. The number of benzene rings is 2. The maximum atomic E-state index is 12.4. The summed E-state index contributed by atoms with van der Waals surface area (Å²) >= 11 is 0. The van der Waals surface area contributed by atoms with Gasteiger partial charge in [0.15, 0.2) is 11.5 Å². The van der Waals surface area contributed by atoms with E-state index in [2.05, 4.69) is 9.84 Å². The molecule has 0 saturated heterocycles. The van der Waals surface area contributed by atoms with Crippen LogP contribution in [0.3, 0.4) is 0 Å². The summed E-state index contributed by atoms with van der Waals surface area (Å²) in [6.45, 7) is -2.83. The van der Waals surface area contributed by atoms with Crippen LogP contribution in [0.4, 0.5) is 8.78 Å². The molecular weight excluding hydrogens is 382 g/mol. The first kappa shape index (κ1) is 20.1. The number of nitrogens with zero attached hydrogens (tertiary/aromatic N) is 2. The highest BCUT2D eigenvalue weighted by atomic mass is 19.3. The summed E-state index contributed by atoms with van der Waals surface area (Å²) in [5.41, 5.74) is 2.31. The molecule has 3 aromatic rings. The summed E-state index contributed by atoms with van der Waals surface area (Å²) in [5.74, 6) is -0.480. The van der Waals surface area contributed by atoms with E-state index in [1.54, 1.807) is 10.9 Å². The smallest absolute Gasteiger partial charge is 0.387 e. The number of carbonyl (C=O) groups is 1. The molecule has 150 valence electrons. The van der Waals surface area contributed by atoms with Crippen molar-refractivity contribution in [1.82, 2.24) is 9.78 Å². The molecule has 3 rings (SSSR count). The van der Waals surface area contributed by atoms with Gasteiger partial charge in [-0.3, -0.25) is 0 Å². The normalized spacial score (nSPS) is 11.0. The standard InChI is InChI=1S/C21H18F2N2O4/c1-27-19-13-15(5-9-18(19)29-21(22)23)6-10-20(26)28-14-16-3-7-17(8-4-16)25-12-2-11-24-25/h2-13,21H,14H2,1H3/b10-6+. The van der Waals surface area contributed by atoms with Gasteiger partial charge in [0.05, 0.1) is 12.8 Å². The third-order valence-electron chi connectivity index (χ3n) is 3.90. The minimum atomic E-state index is -2.95. The molecule has 6 nitrogen and oxygen atoms in total. The Labute approximate surface area is 165 Å². The summed E-state index contributed by atoms with van der Waals surface area (Å²) in [7, 11) is 1.34. The van der Waals surface area contributed by atoms with Crippen LogP contribution in [0, 0.1) is 0 Å². The van der Waals surface area contributed by atoms with E-state index in [4.69, 9.17) is 9.47 Å². The van der Waals surface area contributed by atoms with Gasteiger partial charge >= 0.3 is 12.6 Å². The van der Waals surface area contributed by atoms with E-state index in [0.717, 1.165) is 11.3 Å². The molecule has 0 saturated carbocycles. The Bertz CT molecular complexity index is 971. The topological polar surface area (TPSA) is 62.6 Å². The van der Waals surface area contributed by atoms with Crippen molar-refractivity contribution in [2.75, 3.05) is 7.11 Å². The van der Waals surface area contributed by atoms with Crippen molar-refractivity contribution < 1.29 is 27.8 Å². The minimum Gasteiger partial charge on any atom is -0.493 e. The molecule has 0 N–H and O–H groups in total. The highest BCUT2D eigenvalue weighted by Crippen LogP contribution is 2.29. The molecule has 0 bridgehead atoms. The Kier molecular flexibility index (Phi) is 6.57. The largest absolute Gasteiger partial charge is 0.493 e. The average molecular weight is 400 g/mol. The lowest BCUT2D eigenvalue weighted by Gasteiger charge is -2.10. The summed E-state index contributed by atoms with van der Waals surface area (Å²) in [5, 5.41) is 4.14. The zero-order valence-electron chi connectivity index (χ0n) is 15.5. The molecule has 29 heavy (non-hydrogen) atoms. The summed E-state index contributed by atoms with van der Waals surface area (Å²) in [6.07, 6.45) is 6.27. The van der Waals surface area contributed by atoms with Gasteiger partial charge in [0.1, 0.15) is 6.61 Å². The summed E-state index contributed by atoms with van der Waals surface area (Å²) < 4.78 is 41.0. The van der Waals surface area contributed by atoms with Gasteiger partial charge in [-0.05, 0) is 47.5 Å². The number of aromatic nitrogens is 2. The van der Waals surface area contributed by atoms with Gasteiger partial charge in [-0.2, -0.15) is 13.9 Å². The Morgan fingerprint density at radius 1 is 1.17 bits per heavy atom. The number of hydrogen-bond acceptors (Lipinski definition) is 5. The van der Waals surface area contributed by atoms with Crippen LogP contribution < -0.4 is 9.47 Å². The predicted octanol–water partition coefficient (Wildman–Crippen LogP) is 4.24. The zero-order valence-corrected chi connectivity index (χ0v) is 15.5. The predicted molar refractivity (Wildman–Crippen MR) is 102 cm³/mol. The molecule has 1 aromatic heterocycles. The van der Waals surface area contributed by atoms with Crippen molar-refractivity contribution in [2.45, 2.75) is 13.2 Å². The van der Waals surface area contributed by atoms with Crippen LogP contribution in [0.2, 0.25) is 0 Å².